The molecule has 5 aromatic heterocycles. The number of carbonyl (C=O) groups excluding carboxylic acids is 5. The number of amides is 5. The second-order valence-electron chi connectivity index (χ2n) is 28.3. The van der Waals surface area contributed by atoms with Crippen molar-refractivity contribution in [2.24, 2.45) is 0 Å². The molecule has 5 heterocycles. The van der Waals surface area contributed by atoms with E-state index in [0.29, 0.717) is 89.5 Å². The fraction of sp³-hybridized carbons (Fsp3) is 0.0526. The number of nitrogens with one attached hydrogen (secondary N) is 10. The van der Waals surface area contributed by atoms with E-state index in [1.165, 1.54) is 246 Å². The average molecular weight is 2140 g/mol. The molecule has 0 aliphatic rings. The number of nitro groups is 1. The maximum absolute atomic E-state index is 12.3. The molecule has 5 amide bonds. The number of nitrogens with zero attached hydrogens (tertiary/aromatic N) is 6. The van der Waals surface area contributed by atoms with Crippen LogP contribution in [-0.2, 0) is 74.1 Å². The lowest BCUT2D eigenvalue weighted by Gasteiger charge is -2.08. The first-order valence-electron chi connectivity index (χ1n) is 41.3. The minimum Gasteiger partial charge on any atom is -0.494 e. The number of ether oxygens (including phenoxy) is 2. The van der Waals surface area contributed by atoms with Crippen LogP contribution in [0.5, 0.6) is 11.5 Å². The van der Waals surface area contributed by atoms with Crippen LogP contribution in [0, 0.1) is 10.1 Å². The van der Waals surface area contributed by atoms with Gasteiger partial charge in [-0.25, -0.2) is 67.0 Å². The minimum atomic E-state index is -3.76. The van der Waals surface area contributed by atoms with Crippen molar-refractivity contribution in [2.45, 2.75) is 45.2 Å². The zero-order valence-electron chi connectivity index (χ0n) is 74.3. The number of thiazole rings is 5. The Balaban J connectivity index is 0.000000170. The monoisotopic (exact) mass is 2140 g/mol. The van der Waals surface area contributed by atoms with Crippen molar-refractivity contribution >= 4 is 250 Å². The number of hydrogen-bond donors (Lipinski definition) is 10. The maximum atomic E-state index is 12.3. The van der Waals surface area contributed by atoms with E-state index in [1.807, 2.05) is 92.7 Å². The van der Waals surface area contributed by atoms with Crippen LogP contribution in [0.4, 0.5) is 59.8 Å². The molecule has 47 heteroatoms. The van der Waals surface area contributed by atoms with E-state index in [0.717, 1.165) is 33.8 Å². The Morgan fingerprint density at radius 1 is 0.359 bits per heavy atom. The Bertz CT molecular complexity index is 7560. The molecule has 0 aliphatic carbocycles. The molecule has 15 aromatic rings. The minimum absolute atomic E-state index is 0.0344. The number of nitro benzene ring substituents is 1. The quantitative estimate of drug-likeness (QED) is 0.0100. The molecular formula is C95H82Cl2N16O19S10. The van der Waals surface area contributed by atoms with Crippen molar-refractivity contribution in [3.8, 4) is 11.5 Å². The van der Waals surface area contributed by atoms with E-state index in [4.69, 9.17) is 32.7 Å². The Morgan fingerprint density at radius 3 is 1.02 bits per heavy atom. The van der Waals surface area contributed by atoms with Gasteiger partial charge in [0.15, 0.2) is 25.7 Å². The van der Waals surface area contributed by atoms with Crippen LogP contribution in [0.15, 0.2) is 355 Å². The highest BCUT2D eigenvalue weighted by molar-refractivity contribution is 7.94. The molecule has 35 nitrogen and oxygen atoms in total. The second kappa shape index (κ2) is 52.1. The van der Waals surface area contributed by atoms with Gasteiger partial charge in [0.05, 0.1) is 42.6 Å². The molecule has 0 aliphatic heterocycles. The smallest absolute Gasteiger partial charge is 0.269 e. The van der Waals surface area contributed by atoms with Crippen LogP contribution >= 0.6 is 79.9 Å². The first kappa shape index (κ1) is 107. The van der Waals surface area contributed by atoms with E-state index in [1.54, 1.807) is 82.4 Å². The largest absolute Gasteiger partial charge is 0.494 e. The molecule has 0 unspecified atom stereocenters. The van der Waals surface area contributed by atoms with Gasteiger partial charge in [0.1, 0.15) is 11.5 Å². The number of para-hydroxylation sites is 1. The molecule has 730 valence electrons. The summed E-state index contributed by atoms with van der Waals surface area (Å²) in [5, 5.41) is 34.7. The van der Waals surface area contributed by atoms with E-state index < -0.39 is 66.9 Å². The van der Waals surface area contributed by atoms with Crippen LogP contribution in [0.3, 0.4) is 0 Å². The summed E-state index contributed by atoms with van der Waals surface area (Å²) in [5.74, 6) is -0.335. The number of benzene rings is 10. The van der Waals surface area contributed by atoms with Crippen molar-refractivity contribution in [3.05, 3.63) is 378 Å². The van der Waals surface area contributed by atoms with Crippen LogP contribution in [0.2, 0.25) is 10.0 Å². The molecule has 0 radical (unpaired) electrons. The van der Waals surface area contributed by atoms with Gasteiger partial charge in [-0.2, -0.15) is 0 Å². The summed E-state index contributed by atoms with van der Waals surface area (Å²) in [6, 6.07) is 64.3. The molecule has 10 aromatic carbocycles. The molecule has 15 rings (SSSR count). The molecule has 0 saturated heterocycles. The number of rotatable bonds is 35. The second-order valence-corrected chi connectivity index (χ2v) is 42.0. The van der Waals surface area contributed by atoms with Crippen molar-refractivity contribution in [1.82, 2.24) is 24.9 Å². The fourth-order valence-electron chi connectivity index (χ4n) is 11.5. The molecular weight excluding hydrogens is 2060 g/mol. The first-order chi connectivity index (χ1) is 68.1. The number of aromatic nitrogens is 5. The van der Waals surface area contributed by atoms with Gasteiger partial charge in [-0.3, -0.25) is 57.7 Å². The third-order valence-electron chi connectivity index (χ3n) is 18.1. The molecule has 0 fully saturated rings. The summed E-state index contributed by atoms with van der Waals surface area (Å²) < 4.78 is 146. The van der Waals surface area contributed by atoms with Gasteiger partial charge >= 0.3 is 0 Å². The number of halogens is 2. The highest BCUT2D eigenvalue weighted by atomic mass is 35.5. The average Bonchev–Trinajstić information content (AvgIpc) is 1.33. The highest BCUT2D eigenvalue weighted by Gasteiger charge is 2.22. The number of carbonyl (C=O) groups is 5. The normalized spacial score (nSPS) is 11.5. The molecule has 0 spiro atoms. The fourth-order valence-corrected chi connectivity index (χ4v) is 20.9. The van der Waals surface area contributed by atoms with Gasteiger partial charge in [0, 0.05) is 150 Å². The number of sulfonamides is 5. The van der Waals surface area contributed by atoms with Gasteiger partial charge < -0.3 is 36.1 Å². The van der Waals surface area contributed by atoms with Crippen molar-refractivity contribution in [1.29, 1.82) is 0 Å². The Kier molecular flexibility index (Phi) is 39.3. The van der Waals surface area contributed by atoms with Crippen molar-refractivity contribution in [3.63, 3.8) is 0 Å². The Labute approximate surface area is 846 Å². The van der Waals surface area contributed by atoms with E-state index in [9.17, 15) is 76.2 Å². The SMILES string of the molecule is C/C(=C\c1ccccc1)C(=O)Nc1ccc(S(=O)(=O)Nc2nccs2)cc1.CCOc1cccc(/C=C/C(=O)Nc2ccc(S(=O)(=O)Nc3nccs3)cc2)c1.CCOc1ccccc1/C=C/C(=O)Nc1ccc(S(=O)(=O)Nc2nccs2)cc1.O=C(/C=C/c1c(Cl)cccc1Cl)Nc1ccc(S(=O)(=O)Nc2nccs2)cc1.O=C(/C=C/c1ccc([N+](=O)[O-])cc1)Nc1ccc(S(=O)(=O)Nc2nccs2)cc1. The van der Waals surface area contributed by atoms with E-state index in [-0.39, 0.29) is 58.1 Å². The topological polar surface area (TPSA) is 502 Å². The van der Waals surface area contributed by atoms with Gasteiger partial charge in [-0.05, 0) is 232 Å². The highest BCUT2D eigenvalue weighted by Crippen LogP contribution is 2.30. The summed E-state index contributed by atoms with van der Waals surface area (Å²) in [6.45, 7) is 6.62. The van der Waals surface area contributed by atoms with Crippen LogP contribution < -0.4 is 59.7 Å². The van der Waals surface area contributed by atoms with Crippen LogP contribution in [0.1, 0.15) is 48.6 Å². The zero-order chi connectivity index (χ0) is 102. The van der Waals surface area contributed by atoms with Gasteiger partial charge in [0.25, 0.3) is 61.7 Å². The predicted octanol–water partition coefficient (Wildman–Crippen LogP) is 20.4. The Morgan fingerprint density at radius 2 is 0.676 bits per heavy atom. The lowest BCUT2D eigenvalue weighted by atomic mass is 10.1. The van der Waals surface area contributed by atoms with E-state index in [2.05, 4.69) is 75.1 Å². The van der Waals surface area contributed by atoms with Gasteiger partial charge in [-0.1, -0.05) is 89.9 Å². The lowest BCUT2D eigenvalue weighted by molar-refractivity contribution is -0.384. The van der Waals surface area contributed by atoms with Crippen LogP contribution in [0.25, 0.3) is 30.4 Å². The van der Waals surface area contributed by atoms with Gasteiger partial charge in [0.2, 0.25) is 23.6 Å². The zero-order valence-corrected chi connectivity index (χ0v) is 83.9. The molecule has 142 heavy (non-hydrogen) atoms. The third kappa shape index (κ3) is 34.4. The number of hydrogen-bond acceptors (Lipinski definition) is 29. The van der Waals surface area contributed by atoms with E-state index >= 15 is 0 Å². The summed E-state index contributed by atoms with van der Waals surface area (Å²) in [6.07, 6.45) is 21.1. The van der Waals surface area contributed by atoms with Crippen LogP contribution in [-0.4, -0.2) is 115 Å². The molecule has 0 atom stereocenters. The summed E-state index contributed by atoms with van der Waals surface area (Å²) in [4.78, 5) is 90.6. The van der Waals surface area contributed by atoms with Gasteiger partial charge in [-0.15, -0.1) is 56.7 Å². The standard InChI is InChI=1S/2C20H19N3O4S2.C19H17N3O3S2.C18H13Cl2N3O3S2.C18H14N4O5S2/c1-2-27-17-5-3-4-15(14-17)6-11-19(24)22-16-7-9-18(10-8-16)29(25,26)23-20-21-12-13-28-20;1-2-27-18-6-4-3-5-15(18)7-12-19(24)22-16-8-10-17(11-9-16)29(25,26)23-20-21-13-14-28-20;1-14(13-15-5-3-2-4-6-15)18(23)21-16-7-9-17(10-8-16)27(24,25)22-19-20-11-12-26-19;19-15-2-1-3-16(20)14(15)8-9-17(24)22-12-4-6-13(7-5-12)28(25,26)23-18-21-10-11-27-18;23-17(10-3-13-1-6-15(7-2-13)22(24)25)20-14-4-8-16(9-5-14)29(26,27)21-18-19-11-12-28-18/h2*3-14H,2H2,1H3,(H,21,23)(H,22,24);2-13H,1H3,(H,20,22)(H,21,23);1-11H,(H,21,23)(H,22,24);1-12H,(H,19,21)(H,20,23)/b11-6+;12-7+;14-13+;9-8+;10-3+. The van der Waals surface area contributed by atoms with Crippen molar-refractivity contribution in [2.75, 3.05) is 63.4 Å². The lowest BCUT2D eigenvalue weighted by Crippen LogP contribution is -2.14. The summed E-state index contributed by atoms with van der Waals surface area (Å²) >= 11 is 18.0. The molecule has 0 bridgehead atoms. The maximum Gasteiger partial charge on any atom is 0.269 e. The number of anilines is 10. The molecule has 0 saturated carbocycles. The third-order valence-corrected chi connectivity index (χ3v) is 29.6. The predicted molar refractivity (Wildman–Crippen MR) is 561 cm³/mol. The molecule has 10 N–H and O–H groups in total. The summed E-state index contributed by atoms with van der Waals surface area (Å²) in [5.41, 5.74) is 6.55. The first-order valence-corrected chi connectivity index (χ1v) is 53.9. The number of non-ortho nitro benzene ring substituents is 1. The summed E-state index contributed by atoms with van der Waals surface area (Å²) in [7, 11) is -18.7. The Hall–Kier alpha value is -15.3. The van der Waals surface area contributed by atoms with Crippen molar-refractivity contribution < 1.29 is 80.5 Å².